The largest absolute Gasteiger partial charge is 0.394 e. The third-order valence-corrected chi connectivity index (χ3v) is 5.95. The molecule has 0 aromatic heterocycles. The van der Waals surface area contributed by atoms with Crippen molar-refractivity contribution in [1.29, 1.82) is 0 Å². The number of hydrogen-bond acceptors (Lipinski definition) is 7. The molecule has 11 heteroatoms. The maximum Gasteiger partial charge on any atom is 0.245 e. The number of rotatable bonds is 13. The minimum atomic E-state index is -1.35. The third kappa shape index (κ3) is 14.1. The molecule has 0 bridgehead atoms. The Bertz CT molecular complexity index is 841. The molecule has 1 aliphatic heterocycles. The lowest BCUT2D eigenvalue weighted by atomic mass is 10.0. The molecular formula is C27H44N4O7. The summed E-state index contributed by atoms with van der Waals surface area (Å²) in [5.41, 5.74) is 0. The smallest absolute Gasteiger partial charge is 0.245 e. The van der Waals surface area contributed by atoms with Crippen LogP contribution in [0.4, 0.5) is 0 Å². The molecule has 1 aliphatic rings. The molecule has 5 atom stereocenters. The number of amides is 4. The highest BCUT2D eigenvalue weighted by molar-refractivity contribution is 5.95. The van der Waals surface area contributed by atoms with Crippen LogP contribution in [0.2, 0.25) is 0 Å². The van der Waals surface area contributed by atoms with Gasteiger partial charge in [-0.25, -0.2) is 0 Å². The monoisotopic (exact) mass is 536 g/mol. The van der Waals surface area contributed by atoms with Crippen molar-refractivity contribution in [3.8, 4) is 0 Å². The molecule has 11 nitrogen and oxygen atoms in total. The van der Waals surface area contributed by atoms with Crippen LogP contribution < -0.4 is 21.3 Å². The molecule has 0 saturated carbocycles. The summed E-state index contributed by atoms with van der Waals surface area (Å²) in [4.78, 5) is 49.8. The summed E-state index contributed by atoms with van der Waals surface area (Å²) >= 11 is 0. The van der Waals surface area contributed by atoms with E-state index in [1.807, 2.05) is 6.08 Å². The Morgan fingerprint density at radius 1 is 1.18 bits per heavy atom. The second kappa shape index (κ2) is 19.1. The summed E-state index contributed by atoms with van der Waals surface area (Å²) in [6.07, 6.45) is 13.4. The Morgan fingerprint density at radius 2 is 1.92 bits per heavy atom. The van der Waals surface area contributed by atoms with Crippen LogP contribution >= 0.6 is 0 Å². The average molecular weight is 537 g/mol. The van der Waals surface area contributed by atoms with Crippen molar-refractivity contribution in [2.75, 3.05) is 13.2 Å². The van der Waals surface area contributed by atoms with Gasteiger partial charge >= 0.3 is 0 Å². The van der Waals surface area contributed by atoms with Crippen molar-refractivity contribution in [3.05, 3.63) is 36.5 Å². The number of carbonyl (C=O) groups is 4. The van der Waals surface area contributed by atoms with Gasteiger partial charge < -0.3 is 36.6 Å². The third-order valence-electron chi connectivity index (χ3n) is 5.95. The van der Waals surface area contributed by atoms with E-state index in [9.17, 15) is 34.5 Å². The Labute approximate surface area is 224 Å². The topological polar surface area (TPSA) is 177 Å². The number of unbranched alkanes of at least 4 members (excludes halogenated alkanes) is 5. The lowest BCUT2D eigenvalue weighted by molar-refractivity contribution is -0.134. The zero-order chi connectivity index (χ0) is 28.3. The van der Waals surface area contributed by atoms with E-state index in [-0.39, 0.29) is 19.4 Å². The summed E-state index contributed by atoms with van der Waals surface area (Å²) in [6.45, 7) is 3.14. The van der Waals surface area contributed by atoms with E-state index in [0.717, 1.165) is 25.3 Å². The number of allylic oxidation sites excluding steroid dienone is 3. The average Bonchev–Trinajstić information content (AvgIpc) is 2.87. The van der Waals surface area contributed by atoms with Crippen molar-refractivity contribution in [3.63, 3.8) is 0 Å². The van der Waals surface area contributed by atoms with Gasteiger partial charge in [0.1, 0.15) is 12.1 Å². The summed E-state index contributed by atoms with van der Waals surface area (Å²) < 4.78 is 0. The summed E-state index contributed by atoms with van der Waals surface area (Å²) in [6, 6.07) is -3.47. The molecule has 7 N–H and O–H groups in total. The molecule has 0 unspecified atom stereocenters. The van der Waals surface area contributed by atoms with E-state index in [1.54, 1.807) is 12.2 Å². The highest BCUT2D eigenvalue weighted by Gasteiger charge is 2.31. The molecule has 0 aromatic rings. The molecule has 214 valence electrons. The van der Waals surface area contributed by atoms with Gasteiger partial charge in [0.05, 0.1) is 24.9 Å². The van der Waals surface area contributed by atoms with Crippen LogP contribution in [0, 0.1) is 0 Å². The maximum absolute atomic E-state index is 12.9. The van der Waals surface area contributed by atoms with Gasteiger partial charge in [-0.15, -0.1) is 0 Å². The Hall–Kier alpha value is -3.02. The van der Waals surface area contributed by atoms with E-state index < -0.39 is 60.6 Å². The van der Waals surface area contributed by atoms with Crippen molar-refractivity contribution in [1.82, 2.24) is 21.3 Å². The van der Waals surface area contributed by atoms with Gasteiger partial charge in [0, 0.05) is 25.1 Å². The number of carbonyl (C=O) groups excluding carboxylic acids is 4. The van der Waals surface area contributed by atoms with Crippen LogP contribution in [-0.4, -0.2) is 82.4 Å². The van der Waals surface area contributed by atoms with Crippen molar-refractivity contribution in [2.45, 2.75) is 95.5 Å². The van der Waals surface area contributed by atoms with Gasteiger partial charge in [0.15, 0.2) is 0 Å². The second-order valence-corrected chi connectivity index (χ2v) is 9.40. The van der Waals surface area contributed by atoms with Crippen LogP contribution in [0.1, 0.15) is 65.2 Å². The van der Waals surface area contributed by atoms with Gasteiger partial charge in [0.2, 0.25) is 23.6 Å². The fourth-order valence-corrected chi connectivity index (χ4v) is 3.74. The summed E-state index contributed by atoms with van der Waals surface area (Å²) in [7, 11) is 0. The van der Waals surface area contributed by atoms with Crippen molar-refractivity contribution in [2.24, 2.45) is 0 Å². The molecule has 4 amide bonds. The SMILES string of the molecule is CCCCCCC/C=C/C=C/C(=O)N[C@@H](C(=O)N[C@H]1C[C@@H](O)CCNC(=O)/C=C\[C@H](CO)NC1=O)[C@@H](C)O. The molecule has 0 spiro atoms. The quantitative estimate of drug-likeness (QED) is 0.0992. The first-order valence-electron chi connectivity index (χ1n) is 13.3. The van der Waals surface area contributed by atoms with Gasteiger partial charge in [-0.1, -0.05) is 56.9 Å². The zero-order valence-corrected chi connectivity index (χ0v) is 22.4. The Kier molecular flexibility index (Phi) is 16.6. The number of aliphatic hydroxyl groups is 3. The molecular weight excluding hydrogens is 492 g/mol. The van der Waals surface area contributed by atoms with Crippen LogP contribution in [0.15, 0.2) is 36.5 Å². The molecule has 1 rings (SSSR count). The summed E-state index contributed by atoms with van der Waals surface area (Å²) in [5, 5.41) is 39.9. The maximum atomic E-state index is 12.9. The van der Waals surface area contributed by atoms with E-state index in [1.165, 1.54) is 38.3 Å². The van der Waals surface area contributed by atoms with Crippen molar-refractivity contribution < 1.29 is 34.5 Å². The van der Waals surface area contributed by atoms with E-state index in [0.29, 0.717) is 0 Å². The van der Waals surface area contributed by atoms with Crippen molar-refractivity contribution >= 4 is 23.6 Å². The molecule has 0 fully saturated rings. The van der Waals surface area contributed by atoms with E-state index in [2.05, 4.69) is 28.2 Å². The molecule has 0 radical (unpaired) electrons. The number of nitrogens with one attached hydrogen (secondary N) is 4. The highest BCUT2D eigenvalue weighted by atomic mass is 16.3. The van der Waals surface area contributed by atoms with E-state index in [4.69, 9.17) is 0 Å². The Morgan fingerprint density at radius 3 is 2.61 bits per heavy atom. The molecule has 0 saturated heterocycles. The predicted octanol–water partition coefficient (Wildman–Crippen LogP) is 0.114. The zero-order valence-electron chi connectivity index (χ0n) is 22.4. The summed E-state index contributed by atoms with van der Waals surface area (Å²) in [5.74, 6) is -2.54. The van der Waals surface area contributed by atoms with Crippen LogP contribution in [0.5, 0.6) is 0 Å². The van der Waals surface area contributed by atoms with Gasteiger partial charge in [0.25, 0.3) is 0 Å². The number of aliphatic hydroxyl groups excluding tert-OH is 3. The molecule has 1 heterocycles. The standard InChI is InChI=1S/C27H44N4O7/c1-3-4-5-6-7-8-9-10-11-12-24(36)31-25(19(2)33)27(38)30-22-17-21(34)15-16-28-23(35)14-13-20(18-32)29-26(22)37/h9-14,19-22,25,32-34H,3-8,15-18H2,1-2H3,(H,28,35)(H,29,37)(H,30,38)(H,31,36)/b10-9+,12-11+,14-13-/t19-,20-,21+,22+,25-/m1/s1. The molecule has 38 heavy (non-hydrogen) atoms. The van der Waals surface area contributed by atoms with Gasteiger partial charge in [-0.2, -0.15) is 0 Å². The first-order valence-corrected chi connectivity index (χ1v) is 13.3. The first kappa shape index (κ1) is 33.0. The lowest BCUT2D eigenvalue weighted by Crippen LogP contribution is -2.58. The lowest BCUT2D eigenvalue weighted by Gasteiger charge is -2.27. The predicted molar refractivity (Wildman–Crippen MR) is 144 cm³/mol. The highest BCUT2D eigenvalue weighted by Crippen LogP contribution is 2.07. The van der Waals surface area contributed by atoms with Crippen LogP contribution in [0.25, 0.3) is 0 Å². The van der Waals surface area contributed by atoms with Gasteiger partial charge in [-0.05, 0) is 26.2 Å². The van der Waals surface area contributed by atoms with Crippen LogP contribution in [0.3, 0.4) is 0 Å². The van der Waals surface area contributed by atoms with E-state index >= 15 is 0 Å². The van der Waals surface area contributed by atoms with Crippen LogP contribution in [-0.2, 0) is 19.2 Å². The number of hydrogen-bond donors (Lipinski definition) is 7. The van der Waals surface area contributed by atoms with Gasteiger partial charge in [-0.3, -0.25) is 19.2 Å². The normalized spacial score (nSPS) is 23.6. The second-order valence-electron chi connectivity index (χ2n) is 9.40. The molecule has 0 aliphatic carbocycles. The minimum Gasteiger partial charge on any atom is -0.394 e. The first-order chi connectivity index (χ1) is 18.2. The minimum absolute atomic E-state index is 0.135. The fourth-order valence-electron chi connectivity index (χ4n) is 3.74. The Balaban J connectivity index is 2.77. The fraction of sp³-hybridized carbons (Fsp3) is 0.630. The molecule has 0 aromatic carbocycles.